The molecule has 1 heterocycles. The Bertz CT molecular complexity index is 2840. The fraction of sp³-hybridized carbons (Fsp3) is 0.0400. The van der Waals surface area contributed by atoms with E-state index in [4.69, 9.17) is 4.42 Å². The topological polar surface area (TPSA) is 16.4 Å². The van der Waals surface area contributed by atoms with Gasteiger partial charge in [-0.2, -0.15) is 0 Å². The molecule has 0 unspecified atom stereocenters. The second kappa shape index (κ2) is 11.4. The molecule has 9 aromatic rings. The monoisotopic (exact) mass is 663 g/mol. The number of nitrogens with zero attached hydrogens (tertiary/aromatic N) is 1. The lowest BCUT2D eigenvalue weighted by Crippen LogP contribution is -2.10. The average Bonchev–Trinajstić information content (AvgIpc) is 3.89. The average molecular weight is 664 g/mol. The summed E-state index contributed by atoms with van der Waals surface area (Å²) >= 11 is 0. The van der Waals surface area contributed by atoms with Crippen LogP contribution in [-0.2, 0) is 12.8 Å². The van der Waals surface area contributed by atoms with Crippen molar-refractivity contribution in [2.45, 2.75) is 12.8 Å². The van der Waals surface area contributed by atoms with E-state index in [-0.39, 0.29) is 0 Å². The molecule has 2 aliphatic carbocycles. The summed E-state index contributed by atoms with van der Waals surface area (Å²) in [6, 6.07) is 64.0. The first kappa shape index (κ1) is 29.1. The van der Waals surface area contributed by atoms with Crippen LogP contribution in [0.5, 0.6) is 0 Å². The molecule has 2 nitrogen and oxygen atoms in total. The molecule has 0 spiro atoms. The first-order valence-corrected chi connectivity index (χ1v) is 18.1. The van der Waals surface area contributed by atoms with E-state index in [2.05, 4.69) is 169 Å². The maximum atomic E-state index is 6.39. The molecule has 0 saturated carbocycles. The van der Waals surface area contributed by atoms with E-state index in [9.17, 15) is 0 Å². The first-order chi connectivity index (χ1) is 25.8. The highest BCUT2D eigenvalue weighted by atomic mass is 16.3. The lowest BCUT2D eigenvalue weighted by Gasteiger charge is -2.26. The zero-order valence-corrected chi connectivity index (χ0v) is 28.5. The predicted octanol–water partition coefficient (Wildman–Crippen LogP) is 13.5. The Morgan fingerprint density at radius 1 is 0.346 bits per heavy atom. The molecule has 0 fully saturated rings. The molecule has 2 aliphatic rings. The van der Waals surface area contributed by atoms with Crippen molar-refractivity contribution in [3.63, 3.8) is 0 Å². The standard InChI is InChI=1S/C50H33NO/c1-2-10-32(11-3-1)33-20-22-36(23-21-33)51(38-25-27-46-45-14-6-7-19-49(45)52-50(46)31-38)37-24-26-40-35(28-37)30-48-42(40)16-9-18-44(48)43-17-8-15-41-39-13-5-4-12-34(39)29-47(41)43/h1-28,31H,29-30H2. The molecule has 0 radical (unpaired) electrons. The van der Waals surface area contributed by atoms with Gasteiger partial charge in [0, 0.05) is 33.9 Å². The van der Waals surface area contributed by atoms with Gasteiger partial charge in [-0.05, 0) is 122 Å². The van der Waals surface area contributed by atoms with Gasteiger partial charge in [-0.3, -0.25) is 0 Å². The smallest absolute Gasteiger partial charge is 0.137 e. The minimum atomic E-state index is 0.889. The molecular formula is C50H33NO. The molecule has 52 heavy (non-hydrogen) atoms. The van der Waals surface area contributed by atoms with Gasteiger partial charge in [0.2, 0.25) is 0 Å². The van der Waals surface area contributed by atoms with E-state index < -0.39 is 0 Å². The van der Waals surface area contributed by atoms with Crippen LogP contribution < -0.4 is 4.90 Å². The van der Waals surface area contributed by atoms with Gasteiger partial charge in [0.15, 0.2) is 0 Å². The number of hydrogen-bond acceptors (Lipinski definition) is 2. The number of furan rings is 1. The van der Waals surface area contributed by atoms with Gasteiger partial charge in [-0.15, -0.1) is 0 Å². The van der Waals surface area contributed by atoms with E-state index in [1.54, 1.807) is 0 Å². The maximum absolute atomic E-state index is 6.39. The van der Waals surface area contributed by atoms with Crippen LogP contribution in [-0.4, -0.2) is 0 Å². The van der Waals surface area contributed by atoms with E-state index in [0.717, 1.165) is 51.8 Å². The Morgan fingerprint density at radius 3 is 1.67 bits per heavy atom. The molecule has 0 bridgehead atoms. The molecule has 0 aliphatic heterocycles. The largest absolute Gasteiger partial charge is 0.456 e. The lowest BCUT2D eigenvalue weighted by molar-refractivity contribution is 0.669. The first-order valence-electron chi connectivity index (χ1n) is 18.1. The Labute approximate surface area is 302 Å². The quantitative estimate of drug-likeness (QED) is 0.182. The van der Waals surface area contributed by atoms with E-state index in [1.165, 1.54) is 66.8 Å². The normalized spacial score (nSPS) is 12.5. The Balaban J connectivity index is 1.02. The minimum Gasteiger partial charge on any atom is -0.456 e. The second-order valence-electron chi connectivity index (χ2n) is 14.0. The molecule has 244 valence electrons. The molecule has 8 aromatic carbocycles. The van der Waals surface area contributed by atoms with Crippen molar-refractivity contribution in [3.05, 3.63) is 198 Å². The molecule has 11 rings (SSSR count). The van der Waals surface area contributed by atoms with Crippen LogP contribution in [0, 0.1) is 0 Å². The van der Waals surface area contributed by atoms with Crippen molar-refractivity contribution < 1.29 is 4.42 Å². The van der Waals surface area contributed by atoms with Crippen LogP contribution in [0.1, 0.15) is 22.3 Å². The summed E-state index contributed by atoms with van der Waals surface area (Å²) in [5.74, 6) is 0. The van der Waals surface area contributed by atoms with Crippen molar-refractivity contribution in [1.82, 2.24) is 0 Å². The summed E-state index contributed by atoms with van der Waals surface area (Å²) in [5.41, 5.74) is 21.3. The summed E-state index contributed by atoms with van der Waals surface area (Å²) in [6.45, 7) is 0. The molecule has 0 amide bonds. The van der Waals surface area contributed by atoms with Gasteiger partial charge in [-0.1, -0.05) is 127 Å². The third-order valence-corrected chi connectivity index (χ3v) is 11.2. The number of anilines is 3. The van der Waals surface area contributed by atoms with Gasteiger partial charge < -0.3 is 9.32 Å². The fourth-order valence-corrected chi connectivity index (χ4v) is 8.74. The van der Waals surface area contributed by atoms with Gasteiger partial charge in [-0.25, -0.2) is 0 Å². The van der Waals surface area contributed by atoms with Crippen LogP contribution in [0.3, 0.4) is 0 Å². The zero-order valence-electron chi connectivity index (χ0n) is 28.5. The zero-order chi connectivity index (χ0) is 34.2. The maximum Gasteiger partial charge on any atom is 0.137 e. The van der Waals surface area contributed by atoms with E-state index in [1.807, 2.05) is 12.1 Å². The number of benzene rings is 8. The minimum absolute atomic E-state index is 0.889. The Hall–Kier alpha value is -6.64. The summed E-state index contributed by atoms with van der Waals surface area (Å²) in [6.07, 6.45) is 1.88. The fourth-order valence-electron chi connectivity index (χ4n) is 8.74. The van der Waals surface area contributed by atoms with Gasteiger partial charge in [0.25, 0.3) is 0 Å². The van der Waals surface area contributed by atoms with Crippen LogP contribution in [0.15, 0.2) is 180 Å². The second-order valence-corrected chi connectivity index (χ2v) is 14.0. The van der Waals surface area contributed by atoms with Crippen molar-refractivity contribution in [2.24, 2.45) is 0 Å². The summed E-state index contributed by atoms with van der Waals surface area (Å²) in [7, 11) is 0. The van der Waals surface area contributed by atoms with Crippen molar-refractivity contribution in [2.75, 3.05) is 4.90 Å². The SMILES string of the molecule is c1ccc(-c2ccc(N(c3ccc4c(c3)Cc3c-4cccc3-c3cccc4c3Cc3ccccc3-4)c3ccc4c(c3)oc3ccccc34)cc2)cc1. The highest BCUT2D eigenvalue weighted by Gasteiger charge is 2.27. The predicted molar refractivity (Wildman–Crippen MR) is 216 cm³/mol. The van der Waals surface area contributed by atoms with Crippen LogP contribution in [0.2, 0.25) is 0 Å². The Morgan fingerprint density at radius 2 is 0.885 bits per heavy atom. The highest BCUT2D eigenvalue weighted by Crippen LogP contribution is 2.48. The van der Waals surface area contributed by atoms with Gasteiger partial charge in [0.1, 0.15) is 11.2 Å². The van der Waals surface area contributed by atoms with Crippen molar-refractivity contribution in [3.8, 4) is 44.5 Å². The van der Waals surface area contributed by atoms with Gasteiger partial charge >= 0.3 is 0 Å². The van der Waals surface area contributed by atoms with Crippen molar-refractivity contribution >= 4 is 39.0 Å². The summed E-state index contributed by atoms with van der Waals surface area (Å²) in [5, 5.41) is 2.27. The van der Waals surface area contributed by atoms with E-state index in [0.29, 0.717) is 0 Å². The lowest BCUT2D eigenvalue weighted by atomic mass is 9.90. The van der Waals surface area contributed by atoms with Crippen LogP contribution >= 0.6 is 0 Å². The number of fused-ring (bicyclic) bond motifs is 9. The third kappa shape index (κ3) is 4.51. The van der Waals surface area contributed by atoms with Gasteiger partial charge in [0.05, 0.1) is 0 Å². The summed E-state index contributed by atoms with van der Waals surface area (Å²) in [4.78, 5) is 2.37. The van der Waals surface area contributed by atoms with Crippen molar-refractivity contribution in [1.29, 1.82) is 0 Å². The number of rotatable bonds is 5. The number of hydrogen-bond donors (Lipinski definition) is 0. The molecule has 1 aromatic heterocycles. The molecule has 2 heteroatoms. The molecular weight excluding hydrogens is 631 g/mol. The number of para-hydroxylation sites is 1. The van der Waals surface area contributed by atoms with Crippen LogP contribution in [0.4, 0.5) is 17.1 Å². The third-order valence-electron chi connectivity index (χ3n) is 11.2. The van der Waals surface area contributed by atoms with Crippen LogP contribution in [0.25, 0.3) is 66.4 Å². The van der Waals surface area contributed by atoms with E-state index >= 15 is 0 Å². The molecule has 0 atom stereocenters. The Kier molecular flexibility index (Phi) is 6.41. The highest BCUT2D eigenvalue weighted by molar-refractivity contribution is 6.06. The molecule has 0 N–H and O–H groups in total. The molecule has 0 saturated heterocycles. The summed E-state index contributed by atoms with van der Waals surface area (Å²) < 4.78 is 6.39.